The zero-order valence-corrected chi connectivity index (χ0v) is 12.0. The van der Waals surface area contributed by atoms with E-state index in [2.05, 4.69) is 15.4 Å². The summed E-state index contributed by atoms with van der Waals surface area (Å²) < 4.78 is 3.33. The molecule has 0 aliphatic rings. The van der Waals surface area contributed by atoms with E-state index < -0.39 is 5.97 Å². The molecular formula is C15H15N5O2. The lowest BCUT2D eigenvalue weighted by molar-refractivity contribution is 0.0691. The number of carbonyl (C=O) groups is 1. The Kier molecular flexibility index (Phi) is 3.69. The Hall–Kier alpha value is -2.96. The number of benzene rings is 1. The minimum Gasteiger partial charge on any atom is -0.476 e. The summed E-state index contributed by atoms with van der Waals surface area (Å²) in [5, 5.41) is 21.3. The second-order valence-electron chi connectivity index (χ2n) is 4.82. The van der Waals surface area contributed by atoms with Crippen molar-refractivity contribution < 1.29 is 9.90 Å². The van der Waals surface area contributed by atoms with Crippen molar-refractivity contribution in [2.45, 2.75) is 20.0 Å². The fourth-order valence-electron chi connectivity index (χ4n) is 2.27. The Labute approximate surface area is 126 Å². The van der Waals surface area contributed by atoms with Crippen LogP contribution in [0.2, 0.25) is 0 Å². The molecule has 0 atom stereocenters. The third-order valence-electron chi connectivity index (χ3n) is 3.34. The van der Waals surface area contributed by atoms with Gasteiger partial charge in [-0.15, -0.1) is 5.10 Å². The first-order chi connectivity index (χ1) is 10.7. The Balaban J connectivity index is 2.05. The van der Waals surface area contributed by atoms with Gasteiger partial charge in [0.1, 0.15) is 5.69 Å². The normalized spacial score (nSPS) is 10.8. The fraction of sp³-hybridized carbons (Fsp3) is 0.200. The summed E-state index contributed by atoms with van der Waals surface area (Å²) in [6.45, 7) is 3.13. The Bertz CT molecular complexity index is 791. The predicted octanol–water partition coefficient (Wildman–Crippen LogP) is 1.91. The minimum absolute atomic E-state index is 0.0633. The van der Waals surface area contributed by atoms with E-state index in [0.29, 0.717) is 24.3 Å². The Morgan fingerprint density at radius 1 is 1.27 bits per heavy atom. The van der Waals surface area contributed by atoms with Crippen molar-refractivity contribution in [3.05, 3.63) is 54.0 Å². The topological polar surface area (TPSA) is 85.8 Å². The average Bonchev–Trinajstić information content (AvgIpc) is 3.14. The van der Waals surface area contributed by atoms with Crippen LogP contribution in [0, 0.1) is 0 Å². The quantitative estimate of drug-likeness (QED) is 0.777. The maximum atomic E-state index is 11.4. The van der Waals surface area contributed by atoms with Gasteiger partial charge in [0.15, 0.2) is 5.69 Å². The molecule has 22 heavy (non-hydrogen) atoms. The van der Waals surface area contributed by atoms with E-state index in [-0.39, 0.29) is 5.69 Å². The lowest BCUT2D eigenvalue weighted by atomic mass is 10.2. The van der Waals surface area contributed by atoms with Gasteiger partial charge in [0.2, 0.25) is 0 Å². The van der Waals surface area contributed by atoms with Crippen LogP contribution in [0.4, 0.5) is 0 Å². The number of carboxylic acids is 1. The lowest BCUT2D eigenvalue weighted by Crippen LogP contribution is -2.05. The largest absolute Gasteiger partial charge is 0.476 e. The van der Waals surface area contributed by atoms with E-state index in [0.717, 1.165) is 5.56 Å². The van der Waals surface area contributed by atoms with Crippen LogP contribution in [-0.4, -0.2) is 35.9 Å². The molecule has 2 heterocycles. The van der Waals surface area contributed by atoms with Crippen molar-refractivity contribution in [1.82, 2.24) is 24.8 Å². The van der Waals surface area contributed by atoms with Crippen LogP contribution in [0.25, 0.3) is 11.3 Å². The van der Waals surface area contributed by atoms with Gasteiger partial charge in [0.25, 0.3) is 0 Å². The summed E-state index contributed by atoms with van der Waals surface area (Å²) in [6, 6.07) is 9.71. The molecule has 0 unspecified atom stereocenters. The molecule has 2 aromatic heterocycles. The van der Waals surface area contributed by atoms with Gasteiger partial charge in [0, 0.05) is 18.3 Å². The molecule has 0 amide bonds. The molecule has 0 saturated heterocycles. The van der Waals surface area contributed by atoms with Crippen LogP contribution in [0.5, 0.6) is 0 Å². The molecule has 7 heteroatoms. The highest BCUT2D eigenvalue weighted by atomic mass is 16.4. The first-order valence-corrected chi connectivity index (χ1v) is 6.92. The molecule has 0 radical (unpaired) electrons. The minimum atomic E-state index is -1.10. The highest BCUT2D eigenvalue weighted by molar-refractivity contribution is 5.92. The molecule has 7 nitrogen and oxygen atoms in total. The molecule has 0 aliphatic carbocycles. The van der Waals surface area contributed by atoms with E-state index in [9.17, 15) is 9.90 Å². The molecule has 3 rings (SSSR count). The molecular weight excluding hydrogens is 282 g/mol. The van der Waals surface area contributed by atoms with Gasteiger partial charge in [-0.3, -0.25) is 4.68 Å². The van der Waals surface area contributed by atoms with Crippen molar-refractivity contribution in [2.24, 2.45) is 0 Å². The number of hydrogen-bond donors (Lipinski definition) is 1. The van der Waals surface area contributed by atoms with Gasteiger partial charge < -0.3 is 5.11 Å². The van der Waals surface area contributed by atoms with Gasteiger partial charge in [-0.25, -0.2) is 9.48 Å². The van der Waals surface area contributed by atoms with Crippen molar-refractivity contribution in [2.75, 3.05) is 0 Å². The van der Waals surface area contributed by atoms with Crippen LogP contribution in [0.1, 0.15) is 23.0 Å². The second-order valence-corrected chi connectivity index (χ2v) is 4.82. The molecule has 1 aromatic carbocycles. The molecule has 0 aliphatic heterocycles. The van der Waals surface area contributed by atoms with Crippen molar-refractivity contribution in [1.29, 1.82) is 0 Å². The first-order valence-electron chi connectivity index (χ1n) is 6.92. The smallest absolute Gasteiger partial charge is 0.358 e. The van der Waals surface area contributed by atoms with Gasteiger partial charge in [-0.2, -0.15) is 5.10 Å². The highest BCUT2D eigenvalue weighted by Crippen LogP contribution is 2.22. The standard InChI is InChI=1S/C15H15N5O2/c1-2-19-10-12(8-16-19)14-13(15(21)22)17-18-20(14)9-11-6-4-3-5-7-11/h3-8,10H,2,9H2,1H3,(H,21,22). The number of aromatic nitrogens is 5. The average molecular weight is 297 g/mol. The first kappa shape index (κ1) is 14.0. The van der Waals surface area contributed by atoms with Crippen LogP contribution < -0.4 is 0 Å². The summed E-state index contributed by atoms with van der Waals surface area (Å²) in [7, 11) is 0. The molecule has 0 spiro atoms. The number of nitrogens with zero attached hydrogens (tertiary/aromatic N) is 5. The van der Waals surface area contributed by atoms with Gasteiger partial charge in [-0.05, 0) is 12.5 Å². The number of aryl methyl sites for hydroxylation is 1. The predicted molar refractivity (Wildman–Crippen MR) is 79.4 cm³/mol. The third kappa shape index (κ3) is 2.60. The van der Waals surface area contributed by atoms with Crippen LogP contribution in [-0.2, 0) is 13.1 Å². The Morgan fingerprint density at radius 2 is 2.05 bits per heavy atom. The van der Waals surface area contributed by atoms with E-state index in [1.54, 1.807) is 21.8 Å². The SMILES string of the molecule is CCn1cc(-c2c(C(=O)O)nnn2Cc2ccccc2)cn1. The zero-order valence-electron chi connectivity index (χ0n) is 12.0. The van der Waals surface area contributed by atoms with Gasteiger partial charge in [0.05, 0.1) is 12.7 Å². The fourth-order valence-corrected chi connectivity index (χ4v) is 2.27. The number of carboxylic acid groups (broad SMARTS) is 1. The molecule has 0 bridgehead atoms. The van der Waals surface area contributed by atoms with E-state index in [1.807, 2.05) is 37.3 Å². The summed E-state index contributed by atoms with van der Waals surface area (Å²) in [5.74, 6) is -1.10. The number of aromatic carboxylic acids is 1. The summed E-state index contributed by atoms with van der Waals surface area (Å²) >= 11 is 0. The Morgan fingerprint density at radius 3 is 2.68 bits per heavy atom. The summed E-state index contributed by atoms with van der Waals surface area (Å²) in [4.78, 5) is 11.4. The summed E-state index contributed by atoms with van der Waals surface area (Å²) in [6.07, 6.45) is 3.43. The third-order valence-corrected chi connectivity index (χ3v) is 3.34. The maximum Gasteiger partial charge on any atom is 0.358 e. The van der Waals surface area contributed by atoms with Gasteiger partial charge >= 0.3 is 5.97 Å². The monoisotopic (exact) mass is 297 g/mol. The zero-order chi connectivity index (χ0) is 15.5. The summed E-state index contributed by atoms with van der Waals surface area (Å²) in [5.41, 5.74) is 2.12. The lowest BCUT2D eigenvalue weighted by Gasteiger charge is -2.05. The van der Waals surface area contributed by atoms with Crippen LogP contribution in [0.3, 0.4) is 0 Å². The van der Waals surface area contributed by atoms with Crippen molar-refractivity contribution >= 4 is 5.97 Å². The van der Waals surface area contributed by atoms with Crippen LogP contribution >= 0.6 is 0 Å². The molecule has 0 saturated carbocycles. The van der Waals surface area contributed by atoms with Crippen molar-refractivity contribution in [3.8, 4) is 11.3 Å². The van der Waals surface area contributed by atoms with Crippen LogP contribution in [0.15, 0.2) is 42.7 Å². The van der Waals surface area contributed by atoms with E-state index in [1.165, 1.54) is 0 Å². The molecule has 3 aromatic rings. The number of rotatable bonds is 5. The molecule has 0 fully saturated rings. The van der Waals surface area contributed by atoms with E-state index >= 15 is 0 Å². The molecule has 112 valence electrons. The molecule has 1 N–H and O–H groups in total. The van der Waals surface area contributed by atoms with E-state index in [4.69, 9.17) is 0 Å². The maximum absolute atomic E-state index is 11.4. The highest BCUT2D eigenvalue weighted by Gasteiger charge is 2.21. The second kappa shape index (κ2) is 5.80. The number of hydrogen-bond acceptors (Lipinski definition) is 4. The van der Waals surface area contributed by atoms with Gasteiger partial charge in [-0.1, -0.05) is 35.5 Å². The van der Waals surface area contributed by atoms with Crippen molar-refractivity contribution in [3.63, 3.8) is 0 Å².